The fourth-order valence-corrected chi connectivity index (χ4v) is 4.26. The zero-order chi connectivity index (χ0) is 18.7. The van der Waals surface area contributed by atoms with E-state index in [4.69, 9.17) is 0 Å². The Hall–Kier alpha value is -2.47. The van der Waals surface area contributed by atoms with Crippen molar-refractivity contribution in [3.05, 3.63) is 52.6 Å². The van der Waals surface area contributed by atoms with Crippen molar-refractivity contribution in [1.82, 2.24) is 14.9 Å². The fourth-order valence-electron chi connectivity index (χ4n) is 3.12. The van der Waals surface area contributed by atoms with E-state index < -0.39 is 0 Å². The topological polar surface area (TPSA) is 64.0 Å². The predicted octanol–water partition coefficient (Wildman–Crippen LogP) is 3.74. The lowest BCUT2D eigenvalue weighted by atomic mass is 10.1. The number of carbonyl (C=O) groups excluding carboxylic acids is 1. The van der Waals surface area contributed by atoms with Crippen molar-refractivity contribution < 1.29 is 4.79 Å². The Morgan fingerprint density at radius 1 is 1.31 bits per heavy atom. The van der Waals surface area contributed by atoms with Crippen LogP contribution in [0.4, 0.5) is 0 Å². The second kappa shape index (κ2) is 7.83. The smallest absolute Gasteiger partial charge is 0.262 e. The SMILES string of the molecule is CCCC(C)NC(=O)Cn1cnc2sc(-c3ccccc3)c(C)c2c1=O. The van der Waals surface area contributed by atoms with Gasteiger partial charge in [0.1, 0.15) is 11.4 Å². The van der Waals surface area contributed by atoms with E-state index >= 15 is 0 Å². The van der Waals surface area contributed by atoms with Crippen LogP contribution in [0.2, 0.25) is 0 Å². The molecule has 26 heavy (non-hydrogen) atoms. The third kappa shape index (κ3) is 3.70. The number of benzene rings is 1. The minimum Gasteiger partial charge on any atom is -0.352 e. The van der Waals surface area contributed by atoms with Crippen molar-refractivity contribution in [2.24, 2.45) is 0 Å². The van der Waals surface area contributed by atoms with Gasteiger partial charge in [0.05, 0.1) is 11.7 Å². The van der Waals surface area contributed by atoms with Crippen LogP contribution in [0.1, 0.15) is 32.3 Å². The van der Waals surface area contributed by atoms with Crippen LogP contribution >= 0.6 is 11.3 Å². The molecule has 0 saturated heterocycles. The molecule has 1 amide bonds. The number of rotatable bonds is 6. The molecule has 3 aromatic rings. The predicted molar refractivity (Wildman–Crippen MR) is 107 cm³/mol. The van der Waals surface area contributed by atoms with Crippen LogP contribution in [0.25, 0.3) is 20.7 Å². The van der Waals surface area contributed by atoms with E-state index in [0.717, 1.165) is 28.8 Å². The summed E-state index contributed by atoms with van der Waals surface area (Å²) in [5.41, 5.74) is 1.83. The average molecular weight is 369 g/mol. The second-order valence-electron chi connectivity index (χ2n) is 6.54. The summed E-state index contributed by atoms with van der Waals surface area (Å²) in [6.07, 6.45) is 3.40. The molecular formula is C20H23N3O2S. The molecule has 3 rings (SSSR count). The first-order valence-electron chi connectivity index (χ1n) is 8.84. The van der Waals surface area contributed by atoms with Gasteiger partial charge in [-0.2, -0.15) is 0 Å². The summed E-state index contributed by atoms with van der Waals surface area (Å²) in [5.74, 6) is -0.162. The van der Waals surface area contributed by atoms with Gasteiger partial charge in [0.2, 0.25) is 5.91 Å². The summed E-state index contributed by atoms with van der Waals surface area (Å²) in [7, 11) is 0. The number of nitrogens with one attached hydrogen (secondary N) is 1. The largest absolute Gasteiger partial charge is 0.352 e. The molecule has 0 aliphatic carbocycles. The Balaban J connectivity index is 1.93. The summed E-state index contributed by atoms with van der Waals surface area (Å²) in [6.45, 7) is 5.99. The van der Waals surface area contributed by atoms with E-state index in [1.54, 1.807) is 0 Å². The van der Waals surface area contributed by atoms with Crippen LogP contribution in [-0.2, 0) is 11.3 Å². The molecule has 0 saturated carbocycles. The van der Waals surface area contributed by atoms with Crippen LogP contribution in [0.3, 0.4) is 0 Å². The third-order valence-corrected chi connectivity index (χ3v) is 5.65. The van der Waals surface area contributed by atoms with Crippen molar-refractivity contribution in [3.8, 4) is 10.4 Å². The molecular weight excluding hydrogens is 346 g/mol. The van der Waals surface area contributed by atoms with E-state index in [1.807, 2.05) is 44.2 Å². The number of nitrogens with zero attached hydrogens (tertiary/aromatic N) is 2. The molecule has 1 N–H and O–H groups in total. The fraction of sp³-hybridized carbons (Fsp3) is 0.350. The molecule has 2 aromatic heterocycles. The van der Waals surface area contributed by atoms with Crippen molar-refractivity contribution >= 4 is 27.5 Å². The zero-order valence-electron chi connectivity index (χ0n) is 15.3. The van der Waals surface area contributed by atoms with E-state index in [1.165, 1.54) is 22.2 Å². The molecule has 0 aliphatic heterocycles. The van der Waals surface area contributed by atoms with Crippen LogP contribution in [0.15, 0.2) is 41.5 Å². The summed E-state index contributed by atoms with van der Waals surface area (Å²) in [6, 6.07) is 10.1. The van der Waals surface area contributed by atoms with Gasteiger partial charge in [-0.05, 0) is 31.4 Å². The summed E-state index contributed by atoms with van der Waals surface area (Å²) < 4.78 is 1.39. The number of hydrogen-bond donors (Lipinski definition) is 1. The summed E-state index contributed by atoms with van der Waals surface area (Å²) in [4.78, 5) is 31.3. The molecule has 1 unspecified atom stereocenters. The zero-order valence-corrected chi connectivity index (χ0v) is 16.1. The Morgan fingerprint density at radius 2 is 2.04 bits per heavy atom. The standard InChI is InChI=1S/C20H23N3O2S/c1-4-8-13(2)22-16(24)11-23-12-21-19-17(20(23)25)14(3)18(26-19)15-9-6-5-7-10-15/h5-7,9-10,12-13H,4,8,11H2,1-3H3,(H,22,24). The number of hydrogen-bond acceptors (Lipinski definition) is 4. The Kier molecular flexibility index (Phi) is 5.52. The Labute approximate surface area is 156 Å². The number of thiophene rings is 1. The first kappa shape index (κ1) is 18.3. The molecule has 1 aromatic carbocycles. The molecule has 0 fully saturated rings. The molecule has 0 radical (unpaired) electrons. The van der Waals surface area contributed by atoms with Gasteiger partial charge in [0, 0.05) is 10.9 Å². The maximum absolute atomic E-state index is 12.9. The minimum absolute atomic E-state index is 0.00815. The van der Waals surface area contributed by atoms with E-state index in [2.05, 4.69) is 17.2 Å². The Bertz CT molecular complexity index is 976. The highest BCUT2D eigenvalue weighted by molar-refractivity contribution is 7.22. The molecule has 0 bridgehead atoms. The first-order valence-corrected chi connectivity index (χ1v) is 9.66. The third-order valence-electron chi connectivity index (χ3n) is 4.40. The van der Waals surface area contributed by atoms with Gasteiger partial charge in [-0.1, -0.05) is 43.7 Å². The molecule has 0 aliphatic rings. The number of carbonyl (C=O) groups is 1. The van der Waals surface area contributed by atoms with Gasteiger partial charge in [0.15, 0.2) is 0 Å². The summed E-state index contributed by atoms with van der Waals surface area (Å²) >= 11 is 1.51. The number of fused-ring (bicyclic) bond motifs is 1. The van der Waals surface area contributed by atoms with Crippen molar-refractivity contribution in [2.45, 2.75) is 46.2 Å². The van der Waals surface area contributed by atoms with Gasteiger partial charge in [0.25, 0.3) is 5.56 Å². The Morgan fingerprint density at radius 3 is 2.73 bits per heavy atom. The van der Waals surface area contributed by atoms with Gasteiger partial charge >= 0.3 is 0 Å². The van der Waals surface area contributed by atoms with Crippen LogP contribution in [0.5, 0.6) is 0 Å². The highest BCUT2D eigenvalue weighted by Gasteiger charge is 2.17. The first-order chi connectivity index (χ1) is 12.5. The molecule has 2 heterocycles. The lowest BCUT2D eigenvalue weighted by Crippen LogP contribution is -2.37. The maximum atomic E-state index is 12.9. The van der Waals surface area contributed by atoms with Gasteiger partial charge < -0.3 is 5.32 Å². The molecule has 5 nitrogen and oxygen atoms in total. The lowest BCUT2D eigenvalue weighted by molar-refractivity contribution is -0.122. The van der Waals surface area contributed by atoms with Crippen LogP contribution in [0, 0.1) is 6.92 Å². The van der Waals surface area contributed by atoms with Crippen LogP contribution < -0.4 is 10.9 Å². The van der Waals surface area contributed by atoms with Gasteiger partial charge in [-0.15, -0.1) is 11.3 Å². The number of aromatic nitrogens is 2. The normalized spacial score (nSPS) is 12.3. The molecule has 136 valence electrons. The van der Waals surface area contributed by atoms with Crippen molar-refractivity contribution in [2.75, 3.05) is 0 Å². The molecule has 6 heteroatoms. The van der Waals surface area contributed by atoms with Gasteiger partial charge in [-0.25, -0.2) is 4.98 Å². The summed E-state index contributed by atoms with van der Waals surface area (Å²) in [5, 5.41) is 3.53. The average Bonchev–Trinajstić information content (AvgIpc) is 2.96. The quantitative estimate of drug-likeness (QED) is 0.720. The lowest BCUT2D eigenvalue weighted by Gasteiger charge is -2.13. The second-order valence-corrected chi connectivity index (χ2v) is 7.54. The molecule has 0 spiro atoms. The van der Waals surface area contributed by atoms with Crippen molar-refractivity contribution in [1.29, 1.82) is 0 Å². The van der Waals surface area contributed by atoms with Gasteiger partial charge in [-0.3, -0.25) is 14.2 Å². The monoisotopic (exact) mass is 369 g/mol. The van der Waals surface area contributed by atoms with E-state index in [9.17, 15) is 9.59 Å². The number of aryl methyl sites for hydroxylation is 1. The highest BCUT2D eigenvalue weighted by Crippen LogP contribution is 2.35. The van der Waals surface area contributed by atoms with Crippen LogP contribution in [-0.4, -0.2) is 21.5 Å². The van der Waals surface area contributed by atoms with E-state index in [0.29, 0.717) is 10.2 Å². The number of amides is 1. The minimum atomic E-state index is -0.163. The van der Waals surface area contributed by atoms with E-state index in [-0.39, 0.29) is 24.1 Å². The van der Waals surface area contributed by atoms with Crippen molar-refractivity contribution in [3.63, 3.8) is 0 Å². The maximum Gasteiger partial charge on any atom is 0.262 e. The molecule has 1 atom stereocenters. The highest BCUT2D eigenvalue weighted by atomic mass is 32.1.